The standard InChI is InChI=1S/C16H14Br2O2/c1-20-13-9-7-12(8-10-13)16(19)15(18)14(17)11-5-3-2-4-6-11/h2-10,14-15H,1H3/t14-,15-/m1/s1. The maximum atomic E-state index is 12.4. The molecule has 2 rings (SSSR count). The number of ketones is 1. The molecule has 0 aliphatic rings. The van der Waals surface area contributed by atoms with E-state index in [1.54, 1.807) is 31.4 Å². The number of alkyl halides is 2. The molecule has 0 aliphatic carbocycles. The summed E-state index contributed by atoms with van der Waals surface area (Å²) < 4.78 is 5.09. The van der Waals surface area contributed by atoms with Gasteiger partial charge in [-0.05, 0) is 29.8 Å². The van der Waals surface area contributed by atoms with Crippen LogP contribution in [0.25, 0.3) is 0 Å². The molecule has 0 aromatic heterocycles. The zero-order valence-corrected chi connectivity index (χ0v) is 14.1. The van der Waals surface area contributed by atoms with E-state index >= 15 is 0 Å². The number of benzene rings is 2. The van der Waals surface area contributed by atoms with Crippen molar-refractivity contribution < 1.29 is 9.53 Å². The van der Waals surface area contributed by atoms with E-state index in [0.717, 1.165) is 11.3 Å². The second kappa shape index (κ2) is 7.04. The summed E-state index contributed by atoms with van der Waals surface area (Å²) in [6.45, 7) is 0. The van der Waals surface area contributed by atoms with Crippen LogP contribution < -0.4 is 4.74 Å². The van der Waals surface area contributed by atoms with Gasteiger partial charge in [0.15, 0.2) is 5.78 Å². The van der Waals surface area contributed by atoms with Crippen molar-refractivity contribution in [2.75, 3.05) is 7.11 Å². The van der Waals surface area contributed by atoms with Gasteiger partial charge >= 0.3 is 0 Å². The molecule has 20 heavy (non-hydrogen) atoms. The van der Waals surface area contributed by atoms with Crippen LogP contribution in [-0.2, 0) is 0 Å². The Hall–Kier alpha value is -1.13. The summed E-state index contributed by atoms with van der Waals surface area (Å²) in [6, 6.07) is 17.0. The molecule has 0 saturated heterocycles. The van der Waals surface area contributed by atoms with E-state index < -0.39 is 0 Å². The highest BCUT2D eigenvalue weighted by Gasteiger charge is 2.25. The van der Waals surface area contributed by atoms with Crippen LogP contribution in [0, 0.1) is 0 Å². The Kier molecular flexibility index (Phi) is 5.38. The average Bonchev–Trinajstić information content (AvgIpc) is 2.53. The highest BCUT2D eigenvalue weighted by Crippen LogP contribution is 2.33. The van der Waals surface area contributed by atoms with Crippen LogP contribution in [-0.4, -0.2) is 17.7 Å². The van der Waals surface area contributed by atoms with Crippen molar-refractivity contribution in [3.8, 4) is 5.75 Å². The Morgan fingerprint density at radius 2 is 1.60 bits per heavy atom. The quantitative estimate of drug-likeness (QED) is 0.536. The molecule has 0 spiro atoms. The average molecular weight is 398 g/mol. The fourth-order valence-corrected chi connectivity index (χ4v) is 2.97. The SMILES string of the molecule is COc1ccc(C(=O)[C@H](Br)[C@H](Br)c2ccccc2)cc1. The number of hydrogen-bond donors (Lipinski definition) is 0. The third-order valence-corrected chi connectivity index (χ3v) is 5.71. The summed E-state index contributed by atoms with van der Waals surface area (Å²) in [5, 5.41) is 0. The molecule has 4 heteroatoms. The fraction of sp³-hybridized carbons (Fsp3) is 0.188. The van der Waals surface area contributed by atoms with Crippen LogP contribution in [0.4, 0.5) is 0 Å². The molecule has 0 aliphatic heterocycles. The van der Waals surface area contributed by atoms with E-state index in [9.17, 15) is 4.79 Å². The van der Waals surface area contributed by atoms with Crippen LogP contribution in [0.5, 0.6) is 5.75 Å². The molecule has 0 heterocycles. The van der Waals surface area contributed by atoms with Gasteiger partial charge in [-0.15, -0.1) is 0 Å². The predicted molar refractivity (Wildman–Crippen MR) is 88.1 cm³/mol. The molecule has 104 valence electrons. The predicted octanol–water partition coefficient (Wildman–Crippen LogP) is 4.78. The normalized spacial score (nSPS) is 13.6. The molecule has 0 radical (unpaired) electrons. The van der Waals surface area contributed by atoms with E-state index in [1.165, 1.54) is 0 Å². The van der Waals surface area contributed by atoms with Crippen molar-refractivity contribution >= 4 is 37.6 Å². The van der Waals surface area contributed by atoms with Crippen LogP contribution in [0.3, 0.4) is 0 Å². The van der Waals surface area contributed by atoms with Crippen LogP contribution in [0.1, 0.15) is 20.7 Å². The van der Waals surface area contributed by atoms with E-state index in [4.69, 9.17) is 4.74 Å². The molecular weight excluding hydrogens is 384 g/mol. The lowest BCUT2D eigenvalue weighted by atomic mass is 10.0. The number of carbonyl (C=O) groups excluding carboxylic acids is 1. The Morgan fingerprint density at radius 1 is 1.00 bits per heavy atom. The molecule has 2 nitrogen and oxygen atoms in total. The topological polar surface area (TPSA) is 26.3 Å². The van der Waals surface area contributed by atoms with Crippen LogP contribution in [0.2, 0.25) is 0 Å². The lowest BCUT2D eigenvalue weighted by Gasteiger charge is -2.16. The highest BCUT2D eigenvalue weighted by atomic mass is 79.9. The minimum atomic E-state index is -0.321. The van der Waals surface area contributed by atoms with Gasteiger partial charge in [0.1, 0.15) is 5.75 Å². The summed E-state index contributed by atoms with van der Waals surface area (Å²) in [4.78, 5) is 12.0. The second-order valence-electron chi connectivity index (χ2n) is 4.31. The molecule has 0 unspecified atom stereocenters. The monoisotopic (exact) mass is 396 g/mol. The van der Waals surface area contributed by atoms with E-state index in [-0.39, 0.29) is 15.4 Å². The van der Waals surface area contributed by atoms with Crippen LogP contribution in [0.15, 0.2) is 54.6 Å². The van der Waals surface area contributed by atoms with Crippen molar-refractivity contribution in [1.82, 2.24) is 0 Å². The number of rotatable bonds is 5. The minimum absolute atomic E-state index is 0.0402. The van der Waals surface area contributed by atoms with E-state index in [1.807, 2.05) is 30.3 Å². The van der Waals surface area contributed by atoms with Crippen LogP contribution >= 0.6 is 31.9 Å². The van der Waals surface area contributed by atoms with Gasteiger partial charge in [-0.1, -0.05) is 62.2 Å². The molecule has 2 aromatic rings. The zero-order valence-electron chi connectivity index (χ0n) is 10.9. The highest BCUT2D eigenvalue weighted by molar-refractivity contribution is 9.12. The maximum absolute atomic E-state index is 12.4. The molecule has 0 N–H and O–H groups in total. The number of carbonyl (C=O) groups is 1. The van der Waals surface area contributed by atoms with Gasteiger partial charge in [-0.3, -0.25) is 4.79 Å². The number of ether oxygens (including phenoxy) is 1. The Bertz CT molecular complexity index is 567. The number of hydrogen-bond acceptors (Lipinski definition) is 2. The number of Topliss-reactive ketones (excluding diaryl/α,β-unsaturated/α-hetero) is 1. The first-order valence-corrected chi connectivity index (χ1v) is 7.98. The molecule has 0 bridgehead atoms. The molecular formula is C16H14Br2O2. The molecule has 2 atom stereocenters. The molecule has 0 saturated carbocycles. The molecule has 0 amide bonds. The van der Waals surface area contributed by atoms with E-state index in [0.29, 0.717) is 5.56 Å². The first kappa shape index (κ1) is 15.3. The molecule has 2 aromatic carbocycles. The lowest BCUT2D eigenvalue weighted by Crippen LogP contribution is -2.19. The fourth-order valence-electron chi connectivity index (χ4n) is 1.85. The smallest absolute Gasteiger partial charge is 0.177 e. The van der Waals surface area contributed by atoms with Gasteiger partial charge in [-0.25, -0.2) is 0 Å². The van der Waals surface area contributed by atoms with Gasteiger partial charge < -0.3 is 4.74 Å². The largest absolute Gasteiger partial charge is 0.497 e. The third kappa shape index (κ3) is 3.49. The number of methoxy groups -OCH3 is 1. The summed E-state index contributed by atoms with van der Waals surface area (Å²) in [5.74, 6) is 0.782. The Balaban J connectivity index is 2.15. The lowest BCUT2D eigenvalue weighted by molar-refractivity contribution is 0.0991. The van der Waals surface area contributed by atoms with Gasteiger partial charge in [0.25, 0.3) is 0 Å². The maximum Gasteiger partial charge on any atom is 0.177 e. The summed E-state index contributed by atoms with van der Waals surface area (Å²) in [6.07, 6.45) is 0. The molecule has 0 fully saturated rings. The van der Waals surface area contributed by atoms with Crippen molar-refractivity contribution in [2.45, 2.75) is 9.65 Å². The van der Waals surface area contributed by atoms with E-state index in [2.05, 4.69) is 31.9 Å². The van der Waals surface area contributed by atoms with Gasteiger partial charge in [0.05, 0.1) is 16.8 Å². The summed E-state index contributed by atoms with van der Waals surface area (Å²) in [5.41, 5.74) is 1.73. The Morgan fingerprint density at radius 3 is 2.15 bits per heavy atom. The van der Waals surface area contributed by atoms with Crippen molar-refractivity contribution in [1.29, 1.82) is 0 Å². The van der Waals surface area contributed by atoms with Crippen molar-refractivity contribution in [3.63, 3.8) is 0 Å². The third-order valence-electron chi connectivity index (χ3n) is 3.00. The first-order chi connectivity index (χ1) is 9.63. The summed E-state index contributed by atoms with van der Waals surface area (Å²) in [7, 11) is 1.61. The Labute approximate surface area is 135 Å². The van der Waals surface area contributed by atoms with Gasteiger partial charge in [0, 0.05) is 5.56 Å². The van der Waals surface area contributed by atoms with Gasteiger partial charge in [-0.2, -0.15) is 0 Å². The minimum Gasteiger partial charge on any atom is -0.497 e. The van der Waals surface area contributed by atoms with Crippen molar-refractivity contribution in [3.05, 3.63) is 65.7 Å². The zero-order chi connectivity index (χ0) is 14.5. The first-order valence-electron chi connectivity index (χ1n) is 6.15. The van der Waals surface area contributed by atoms with Crippen molar-refractivity contribution in [2.24, 2.45) is 0 Å². The summed E-state index contributed by atoms with van der Waals surface area (Å²) >= 11 is 7.08. The number of halogens is 2. The second-order valence-corrected chi connectivity index (χ2v) is 6.28. The van der Waals surface area contributed by atoms with Gasteiger partial charge in [0.2, 0.25) is 0 Å².